The third-order valence-electron chi connectivity index (χ3n) is 1.67. The first-order valence-corrected chi connectivity index (χ1v) is 5.35. The van der Waals surface area contributed by atoms with Gasteiger partial charge < -0.3 is 0 Å². The van der Waals surface area contributed by atoms with Crippen LogP contribution in [-0.2, 0) is 15.8 Å². The van der Waals surface area contributed by atoms with Crippen LogP contribution in [0.25, 0.3) is 0 Å². The molecule has 0 radical (unpaired) electrons. The SMILES string of the molecule is Cc1ccc(F)cc1CS(N)(=O)=O. The first-order chi connectivity index (χ1) is 5.88. The molecule has 0 aliphatic heterocycles. The highest BCUT2D eigenvalue weighted by atomic mass is 32.2. The van der Waals surface area contributed by atoms with E-state index in [1.807, 2.05) is 0 Å². The average Bonchev–Trinajstić information content (AvgIpc) is 1.94. The van der Waals surface area contributed by atoms with Gasteiger partial charge >= 0.3 is 0 Å². The Labute approximate surface area is 76.4 Å². The van der Waals surface area contributed by atoms with Gasteiger partial charge in [-0.25, -0.2) is 17.9 Å². The molecule has 2 N–H and O–H groups in total. The van der Waals surface area contributed by atoms with Gasteiger partial charge in [0.05, 0.1) is 5.75 Å². The standard InChI is InChI=1S/C8H10FNO2S/c1-6-2-3-8(9)4-7(6)5-13(10,11)12/h2-4H,5H2,1H3,(H2,10,11,12). The monoisotopic (exact) mass is 203 g/mol. The predicted molar refractivity (Wildman–Crippen MR) is 47.9 cm³/mol. The van der Waals surface area contributed by atoms with Gasteiger partial charge in [-0.2, -0.15) is 0 Å². The number of rotatable bonds is 2. The Morgan fingerprint density at radius 2 is 2.08 bits per heavy atom. The molecule has 72 valence electrons. The molecular weight excluding hydrogens is 193 g/mol. The van der Waals surface area contributed by atoms with Crippen LogP contribution >= 0.6 is 0 Å². The molecule has 0 fully saturated rings. The zero-order chi connectivity index (χ0) is 10.1. The van der Waals surface area contributed by atoms with Gasteiger partial charge in [0.1, 0.15) is 5.82 Å². The number of hydrogen-bond donors (Lipinski definition) is 1. The first kappa shape index (κ1) is 10.1. The molecule has 0 atom stereocenters. The van der Waals surface area contributed by atoms with Gasteiger partial charge in [0.25, 0.3) is 0 Å². The van der Waals surface area contributed by atoms with Gasteiger partial charge in [-0.3, -0.25) is 0 Å². The van der Waals surface area contributed by atoms with Crippen molar-refractivity contribution in [1.82, 2.24) is 0 Å². The molecule has 0 aliphatic carbocycles. The van der Waals surface area contributed by atoms with Crippen molar-refractivity contribution in [2.45, 2.75) is 12.7 Å². The van der Waals surface area contributed by atoms with E-state index in [0.29, 0.717) is 5.56 Å². The molecule has 0 saturated heterocycles. The summed E-state index contributed by atoms with van der Waals surface area (Å²) in [5, 5.41) is 4.84. The summed E-state index contributed by atoms with van der Waals surface area (Å²) in [6, 6.07) is 3.98. The molecule has 0 aromatic heterocycles. The Hall–Kier alpha value is -0.940. The van der Waals surface area contributed by atoms with E-state index in [1.54, 1.807) is 6.92 Å². The largest absolute Gasteiger partial charge is 0.228 e. The van der Waals surface area contributed by atoms with Crippen LogP contribution in [0, 0.1) is 12.7 Å². The van der Waals surface area contributed by atoms with Crippen molar-refractivity contribution in [2.24, 2.45) is 5.14 Å². The van der Waals surface area contributed by atoms with Gasteiger partial charge in [0, 0.05) is 0 Å². The number of aryl methyl sites for hydroxylation is 1. The van der Waals surface area contributed by atoms with Gasteiger partial charge in [-0.15, -0.1) is 0 Å². The van der Waals surface area contributed by atoms with Crippen molar-refractivity contribution in [1.29, 1.82) is 0 Å². The fraction of sp³-hybridized carbons (Fsp3) is 0.250. The second kappa shape index (κ2) is 3.43. The van der Waals surface area contributed by atoms with Crippen LogP contribution in [0.4, 0.5) is 4.39 Å². The molecular formula is C8H10FNO2S. The highest BCUT2D eigenvalue weighted by Crippen LogP contribution is 2.12. The molecule has 0 heterocycles. The Balaban J connectivity index is 3.08. The van der Waals surface area contributed by atoms with Crippen LogP contribution in [-0.4, -0.2) is 8.42 Å². The Morgan fingerprint density at radius 3 is 2.62 bits per heavy atom. The molecule has 1 rings (SSSR count). The maximum absolute atomic E-state index is 12.7. The molecule has 1 aromatic rings. The van der Waals surface area contributed by atoms with Crippen LogP contribution in [0.5, 0.6) is 0 Å². The molecule has 0 aliphatic rings. The summed E-state index contributed by atoms with van der Waals surface area (Å²) in [6.45, 7) is 1.71. The fourth-order valence-corrected chi connectivity index (χ4v) is 1.76. The Morgan fingerprint density at radius 1 is 1.46 bits per heavy atom. The van der Waals surface area contributed by atoms with Crippen molar-refractivity contribution >= 4 is 10.0 Å². The quantitative estimate of drug-likeness (QED) is 0.777. The van der Waals surface area contributed by atoms with Crippen LogP contribution in [0.15, 0.2) is 18.2 Å². The van der Waals surface area contributed by atoms with E-state index in [2.05, 4.69) is 0 Å². The van der Waals surface area contributed by atoms with Crippen LogP contribution in [0.1, 0.15) is 11.1 Å². The minimum absolute atomic E-state index is 0.323. The number of sulfonamides is 1. The van der Waals surface area contributed by atoms with Crippen LogP contribution in [0.2, 0.25) is 0 Å². The van der Waals surface area contributed by atoms with Crippen LogP contribution in [0.3, 0.4) is 0 Å². The Kier molecular flexibility index (Phi) is 2.68. The fourth-order valence-electron chi connectivity index (χ4n) is 1.01. The van der Waals surface area contributed by atoms with Gasteiger partial charge in [-0.05, 0) is 30.2 Å². The third-order valence-corrected chi connectivity index (χ3v) is 2.38. The topological polar surface area (TPSA) is 60.2 Å². The highest BCUT2D eigenvalue weighted by Gasteiger charge is 2.08. The lowest BCUT2D eigenvalue weighted by Crippen LogP contribution is -2.15. The summed E-state index contributed by atoms with van der Waals surface area (Å²) in [6.07, 6.45) is 0. The lowest BCUT2D eigenvalue weighted by molar-refractivity contribution is 0.596. The van der Waals surface area contributed by atoms with Gasteiger partial charge in [0.2, 0.25) is 10.0 Å². The van der Waals surface area contributed by atoms with Crippen molar-refractivity contribution < 1.29 is 12.8 Å². The van der Waals surface area contributed by atoms with Crippen molar-refractivity contribution in [3.8, 4) is 0 Å². The number of halogens is 1. The molecule has 0 unspecified atom stereocenters. The van der Waals surface area contributed by atoms with E-state index < -0.39 is 15.8 Å². The zero-order valence-corrected chi connectivity index (χ0v) is 7.94. The lowest BCUT2D eigenvalue weighted by Gasteiger charge is -2.03. The summed E-state index contributed by atoms with van der Waals surface area (Å²) in [5.74, 6) is -0.777. The first-order valence-electron chi connectivity index (χ1n) is 3.64. The normalized spacial score (nSPS) is 11.6. The molecule has 0 amide bonds. The minimum atomic E-state index is -3.58. The molecule has 13 heavy (non-hydrogen) atoms. The number of benzene rings is 1. The second-order valence-corrected chi connectivity index (χ2v) is 4.49. The summed E-state index contributed by atoms with van der Waals surface area (Å²) >= 11 is 0. The maximum atomic E-state index is 12.7. The van der Waals surface area contributed by atoms with Crippen molar-refractivity contribution in [3.63, 3.8) is 0 Å². The smallest absolute Gasteiger partial charge is 0.213 e. The van der Waals surface area contributed by atoms with E-state index in [0.717, 1.165) is 5.56 Å². The minimum Gasteiger partial charge on any atom is -0.228 e. The molecule has 3 nitrogen and oxygen atoms in total. The molecule has 0 saturated carbocycles. The van der Waals surface area contributed by atoms with E-state index in [9.17, 15) is 12.8 Å². The summed E-state index contributed by atoms with van der Waals surface area (Å²) < 4.78 is 34.1. The number of hydrogen-bond acceptors (Lipinski definition) is 2. The molecule has 0 bridgehead atoms. The van der Waals surface area contributed by atoms with E-state index in [4.69, 9.17) is 5.14 Å². The Bertz CT molecular complexity index is 414. The maximum Gasteiger partial charge on any atom is 0.213 e. The molecule has 0 spiro atoms. The van der Waals surface area contributed by atoms with E-state index >= 15 is 0 Å². The lowest BCUT2D eigenvalue weighted by atomic mass is 10.1. The van der Waals surface area contributed by atoms with Gasteiger partial charge in [0.15, 0.2) is 0 Å². The predicted octanol–water partition coefficient (Wildman–Crippen LogP) is 0.923. The third kappa shape index (κ3) is 3.12. The highest BCUT2D eigenvalue weighted by molar-refractivity contribution is 7.88. The second-order valence-electron chi connectivity index (χ2n) is 2.88. The number of primary sulfonamides is 1. The summed E-state index contributed by atoms with van der Waals surface area (Å²) in [5.41, 5.74) is 1.12. The van der Waals surface area contributed by atoms with Crippen molar-refractivity contribution in [2.75, 3.05) is 0 Å². The van der Waals surface area contributed by atoms with Gasteiger partial charge in [-0.1, -0.05) is 6.07 Å². The molecule has 5 heteroatoms. The summed E-state index contributed by atoms with van der Waals surface area (Å²) in [4.78, 5) is 0. The zero-order valence-electron chi connectivity index (χ0n) is 7.12. The van der Waals surface area contributed by atoms with Crippen LogP contribution < -0.4 is 5.14 Å². The van der Waals surface area contributed by atoms with E-state index in [1.165, 1.54) is 18.2 Å². The average molecular weight is 203 g/mol. The van der Waals surface area contributed by atoms with Crippen molar-refractivity contribution in [3.05, 3.63) is 35.1 Å². The summed E-state index contributed by atoms with van der Waals surface area (Å²) in [7, 11) is -3.58. The molecule has 1 aromatic carbocycles. The van der Waals surface area contributed by atoms with E-state index in [-0.39, 0.29) is 5.75 Å². The number of nitrogens with two attached hydrogens (primary N) is 1.